The number of nitrogens with zero attached hydrogens (tertiary/aromatic N) is 3. The summed E-state index contributed by atoms with van der Waals surface area (Å²) in [5, 5.41) is 11.0. The van der Waals surface area contributed by atoms with Crippen LogP contribution in [0.25, 0.3) is 0 Å². The molecular weight excluding hydrogens is 342 g/mol. The lowest BCUT2D eigenvalue weighted by molar-refractivity contribution is -0.385. The topological polar surface area (TPSA) is 102 Å². The number of benzene rings is 1. The highest BCUT2D eigenvalue weighted by Crippen LogP contribution is 2.42. The Morgan fingerprint density at radius 2 is 1.96 bits per heavy atom. The molecule has 0 aliphatic heterocycles. The van der Waals surface area contributed by atoms with Crippen LogP contribution < -0.4 is 4.74 Å². The Hall–Kier alpha value is -2.46. The maximum atomic E-state index is 12.1. The van der Waals surface area contributed by atoms with Gasteiger partial charge in [-0.05, 0) is 12.1 Å². The van der Waals surface area contributed by atoms with Crippen molar-refractivity contribution in [2.24, 2.45) is 4.40 Å². The van der Waals surface area contributed by atoms with E-state index < -0.39 is 20.6 Å². The molecule has 0 N–H and O–H groups in total. The van der Waals surface area contributed by atoms with E-state index in [1.165, 1.54) is 4.90 Å². The molecule has 1 heterocycles. The van der Waals surface area contributed by atoms with Gasteiger partial charge < -0.3 is 9.64 Å². The van der Waals surface area contributed by atoms with E-state index in [9.17, 15) is 18.5 Å². The van der Waals surface area contributed by atoms with Gasteiger partial charge in [-0.2, -0.15) is 8.42 Å². The van der Waals surface area contributed by atoms with Crippen LogP contribution in [0.4, 0.5) is 5.69 Å². The second kappa shape index (κ2) is 6.75. The molecule has 2 rings (SSSR count). The average Bonchev–Trinajstić information content (AvgIpc) is 2.91. The molecule has 23 heavy (non-hydrogen) atoms. The molecule has 122 valence electrons. The van der Waals surface area contributed by atoms with Crippen LogP contribution in [0, 0.1) is 10.1 Å². The quantitative estimate of drug-likeness (QED) is 0.342. The molecule has 0 atom stereocenters. The molecule has 0 radical (unpaired) electrons. The monoisotopic (exact) mass is 355 g/mol. The van der Waals surface area contributed by atoms with Gasteiger partial charge >= 0.3 is 5.69 Å². The predicted octanol–water partition coefficient (Wildman–Crippen LogP) is 2.73. The van der Waals surface area contributed by atoms with Gasteiger partial charge in [0.2, 0.25) is 0 Å². The molecule has 10 heteroatoms. The first kappa shape index (κ1) is 16.9. The van der Waals surface area contributed by atoms with E-state index in [1.807, 2.05) is 0 Å². The lowest BCUT2D eigenvalue weighted by atomic mass is 10.3. The van der Waals surface area contributed by atoms with Crippen molar-refractivity contribution in [3.8, 4) is 10.8 Å². The molecule has 0 unspecified atom stereocenters. The zero-order chi connectivity index (χ0) is 17.0. The van der Waals surface area contributed by atoms with Crippen molar-refractivity contribution in [1.82, 2.24) is 4.90 Å². The van der Waals surface area contributed by atoms with Gasteiger partial charge in [-0.15, -0.1) is 4.40 Å². The van der Waals surface area contributed by atoms with Crippen molar-refractivity contribution in [2.75, 3.05) is 14.1 Å². The lowest BCUT2D eigenvalue weighted by Gasteiger charge is -2.02. The Kier molecular flexibility index (Phi) is 4.96. The molecule has 1 aromatic heterocycles. The third-order valence-corrected chi connectivity index (χ3v) is 5.16. The molecule has 0 fully saturated rings. The van der Waals surface area contributed by atoms with Crippen molar-refractivity contribution in [2.45, 2.75) is 4.21 Å². The predicted molar refractivity (Wildman–Crippen MR) is 86.9 cm³/mol. The normalized spacial score (nSPS) is 11.6. The van der Waals surface area contributed by atoms with Gasteiger partial charge in [0.1, 0.15) is 12.1 Å². The fourth-order valence-electron chi connectivity index (χ4n) is 1.48. The number of ether oxygens (including phenoxy) is 1. The standard InChI is InChI=1S/C13H13N3O5S2/c1-15(2)9-14-23(19,20)12-8-11(16(17)18)13(22-12)21-10-6-4-3-5-7-10/h3-9H,1-2H3. The molecular formula is C13H13N3O5S2. The van der Waals surface area contributed by atoms with Crippen LogP contribution in [0.15, 0.2) is 45.0 Å². The molecule has 0 saturated heterocycles. The molecule has 2 aromatic rings. The van der Waals surface area contributed by atoms with E-state index in [4.69, 9.17) is 4.74 Å². The minimum absolute atomic E-state index is 0.111. The molecule has 0 saturated carbocycles. The maximum absolute atomic E-state index is 12.1. The van der Waals surface area contributed by atoms with Crippen molar-refractivity contribution in [1.29, 1.82) is 0 Å². The van der Waals surface area contributed by atoms with Gasteiger partial charge in [-0.1, -0.05) is 29.5 Å². The Labute approximate surface area is 136 Å². The van der Waals surface area contributed by atoms with E-state index in [-0.39, 0.29) is 9.27 Å². The summed E-state index contributed by atoms with van der Waals surface area (Å²) < 4.78 is 32.8. The van der Waals surface area contributed by atoms with Crippen molar-refractivity contribution < 1.29 is 18.1 Å². The largest absolute Gasteiger partial charge is 0.440 e. The van der Waals surface area contributed by atoms with Gasteiger partial charge in [-0.25, -0.2) is 0 Å². The van der Waals surface area contributed by atoms with E-state index >= 15 is 0 Å². The Morgan fingerprint density at radius 1 is 1.30 bits per heavy atom. The molecule has 0 aliphatic carbocycles. The number of sulfonamides is 1. The Bertz CT molecular complexity index is 829. The van der Waals surface area contributed by atoms with Crippen molar-refractivity contribution >= 4 is 33.4 Å². The summed E-state index contributed by atoms with van der Waals surface area (Å²) in [6.07, 6.45) is 1.11. The second-order valence-electron chi connectivity index (χ2n) is 4.57. The van der Waals surface area contributed by atoms with Gasteiger partial charge in [0.05, 0.1) is 11.0 Å². The fourth-order valence-corrected chi connectivity index (χ4v) is 3.66. The van der Waals surface area contributed by atoms with Gasteiger partial charge in [0.25, 0.3) is 15.1 Å². The number of nitro groups is 1. The van der Waals surface area contributed by atoms with E-state index in [0.29, 0.717) is 17.1 Å². The summed E-state index contributed by atoms with van der Waals surface area (Å²) in [4.78, 5) is 11.9. The number of para-hydroxylation sites is 1. The zero-order valence-corrected chi connectivity index (χ0v) is 13.9. The minimum Gasteiger partial charge on any atom is -0.440 e. The second-order valence-corrected chi connectivity index (χ2v) is 7.44. The summed E-state index contributed by atoms with van der Waals surface area (Å²) in [6.45, 7) is 0. The van der Waals surface area contributed by atoms with E-state index in [2.05, 4.69) is 4.40 Å². The fraction of sp³-hybridized carbons (Fsp3) is 0.154. The van der Waals surface area contributed by atoms with Gasteiger partial charge in [0.15, 0.2) is 4.21 Å². The molecule has 0 aliphatic rings. The lowest BCUT2D eigenvalue weighted by Crippen LogP contribution is -2.09. The maximum Gasteiger partial charge on any atom is 0.324 e. The summed E-state index contributed by atoms with van der Waals surface area (Å²) in [7, 11) is -0.799. The van der Waals surface area contributed by atoms with Gasteiger partial charge in [0, 0.05) is 14.1 Å². The third kappa shape index (κ3) is 4.27. The van der Waals surface area contributed by atoms with Crippen LogP contribution in [0.3, 0.4) is 0 Å². The minimum atomic E-state index is -4.02. The first-order chi connectivity index (χ1) is 10.8. The average molecular weight is 355 g/mol. The van der Waals surface area contributed by atoms with Crippen LogP contribution >= 0.6 is 11.3 Å². The molecule has 1 aromatic carbocycles. The highest BCUT2D eigenvalue weighted by atomic mass is 32.2. The van der Waals surface area contributed by atoms with Crippen molar-refractivity contribution in [3.05, 3.63) is 46.5 Å². The summed E-state index contributed by atoms with van der Waals surface area (Å²) in [5.41, 5.74) is -0.419. The van der Waals surface area contributed by atoms with Crippen LogP contribution in [0.1, 0.15) is 0 Å². The SMILES string of the molecule is CN(C)C=NS(=O)(=O)c1cc([N+](=O)[O-])c(Oc2ccccc2)s1. The molecule has 8 nitrogen and oxygen atoms in total. The number of hydrogen-bond donors (Lipinski definition) is 0. The first-order valence-corrected chi connectivity index (χ1v) is 8.53. The molecule has 0 spiro atoms. The third-order valence-electron chi connectivity index (χ3n) is 2.48. The summed E-state index contributed by atoms with van der Waals surface area (Å²) in [5.74, 6) is 0.373. The molecule has 0 bridgehead atoms. The highest BCUT2D eigenvalue weighted by Gasteiger charge is 2.27. The number of rotatable bonds is 6. The van der Waals surface area contributed by atoms with Crippen LogP contribution in [0.2, 0.25) is 0 Å². The smallest absolute Gasteiger partial charge is 0.324 e. The van der Waals surface area contributed by atoms with Gasteiger partial charge in [-0.3, -0.25) is 10.1 Å². The highest BCUT2D eigenvalue weighted by molar-refractivity contribution is 7.92. The first-order valence-electron chi connectivity index (χ1n) is 6.27. The van der Waals surface area contributed by atoms with Crippen LogP contribution in [-0.2, 0) is 10.0 Å². The van der Waals surface area contributed by atoms with Crippen LogP contribution in [0.5, 0.6) is 10.8 Å². The van der Waals surface area contributed by atoms with E-state index in [0.717, 1.165) is 12.4 Å². The summed E-state index contributed by atoms with van der Waals surface area (Å²) >= 11 is 0.657. The molecule has 0 amide bonds. The van der Waals surface area contributed by atoms with Crippen molar-refractivity contribution in [3.63, 3.8) is 0 Å². The Balaban J connectivity index is 2.41. The Morgan fingerprint density at radius 3 is 2.52 bits per heavy atom. The summed E-state index contributed by atoms with van der Waals surface area (Å²) in [6, 6.07) is 9.35. The van der Waals surface area contributed by atoms with E-state index in [1.54, 1.807) is 44.4 Å². The number of hydrogen-bond acceptors (Lipinski definition) is 6. The van der Waals surface area contributed by atoms with Crippen LogP contribution in [-0.4, -0.2) is 38.7 Å². The number of thiophene rings is 1. The zero-order valence-electron chi connectivity index (χ0n) is 12.2.